The maximum Gasteiger partial charge on any atom is 0.152 e. The summed E-state index contributed by atoms with van der Waals surface area (Å²) in [4.78, 5) is 4.65. The largest absolute Gasteiger partial charge is 0.382 e. The van der Waals surface area contributed by atoms with E-state index in [1.807, 2.05) is 6.92 Å². The molecule has 3 rings (SSSR count). The van der Waals surface area contributed by atoms with E-state index in [1.165, 1.54) is 5.56 Å². The van der Waals surface area contributed by atoms with Crippen molar-refractivity contribution in [3.05, 3.63) is 22.9 Å². The van der Waals surface area contributed by atoms with E-state index in [-0.39, 0.29) is 5.54 Å². The number of aryl methyl sites for hydroxylation is 2. The highest BCUT2D eigenvalue weighted by atomic mass is 15.2. The first kappa shape index (κ1) is 12.2. The smallest absolute Gasteiger partial charge is 0.152 e. The number of nitrogens with zero attached hydrogens (tertiary/aromatic N) is 2. The topological polar surface area (TPSA) is 101 Å². The van der Waals surface area contributed by atoms with Crippen molar-refractivity contribution in [1.82, 2.24) is 10.3 Å². The van der Waals surface area contributed by atoms with Gasteiger partial charge in [-0.1, -0.05) is 0 Å². The molecule has 1 aromatic rings. The number of anilines is 1. The second-order valence-electron chi connectivity index (χ2n) is 5.48. The van der Waals surface area contributed by atoms with Crippen molar-refractivity contribution < 1.29 is 0 Å². The zero-order valence-corrected chi connectivity index (χ0v) is 11.2. The molecule has 6 heteroatoms. The van der Waals surface area contributed by atoms with E-state index < -0.39 is 0 Å². The summed E-state index contributed by atoms with van der Waals surface area (Å²) in [7, 11) is 0. The normalized spacial score (nSPS) is 26.3. The summed E-state index contributed by atoms with van der Waals surface area (Å²) < 4.78 is 0. The molecule has 2 aliphatic rings. The van der Waals surface area contributed by atoms with Gasteiger partial charge in [-0.15, -0.1) is 0 Å². The van der Waals surface area contributed by atoms with Gasteiger partial charge >= 0.3 is 0 Å². The van der Waals surface area contributed by atoms with Crippen LogP contribution >= 0.6 is 0 Å². The number of nitrogens with two attached hydrogens (primary N) is 2. The lowest BCUT2D eigenvalue weighted by atomic mass is 9.86. The molecule has 6 nitrogen and oxygen atoms in total. The Morgan fingerprint density at radius 3 is 3.00 bits per heavy atom. The van der Waals surface area contributed by atoms with Gasteiger partial charge in [0.15, 0.2) is 5.84 Å². The fourth-order valence-corrected chi connectivity index (χ4v) is 3.03. The zero-order valence-electron chi connectivity index (χ0n) is 11.2. The first-order chi connectivity index (χ1) is 9.13. The zero-order chi connectivity index (χ0) is 13.5. The Bertz CT molecular complexity index is 530. The molecule has 0 unspecified atom stereocenters. The molecule has 0 radical (unpaired) electrons. The Kier molecular flexibility index (Phi) is 2.82. The summed E-state index contributed by atoms with van der Waals surface area (Å²) >= 11 is 0. The highest BCUT2D eigenvalue weighted by Crippen LogP contribution is 2.34. The van der Waals surface area contributed by atoms with E-state index >= 15 is 0 Å². The van der Waals surface area contributed by atoms with Crippen molar-refractivity contribution in [2.45, 2.75) is 31.7 Å². The molecule has 102 valence electrons. The molecule has 1 saturated heterocycles. The number of hydrogen-bond donors (Lipinski definition) is 4. The lowest BCUT2D eigenvalue weighted by Crippen LogP contribution is -2.44. The van der Waals surface area contributed by atoms with Gasteiger partial charge in [0.25, 0.3) is 0 Å². The number of aromatic nitrogens is 1. The molecule has 19 heavy (non-hydrogen) atoms. The van der Waals surface area contributed by atoms with Gasteiger partial charge in [0.05, 0.1) is 11.2 Å². The van der Waals surface area contributed by atoms with Gasteiger partial charge in [-0.25, -0.2) is 4.98 Å². The predicted molar refractivity (Wildman–Crippen MR) is 76.0 cm³/mol. The van der Waals surface area contributed by atoms with Gasteiger partial charge in [0.2, 0.25) is 0 Å². The van der Waals surface area contributed by atoms with E-state index in [0.29, 0.717) is 5.84 Å². The molecule has 6 N–H and O–H groups in total. The highest BCUT2D eigenvalue weighted by Gasteiger charge is 2.37. The molecule has 0 aromatic carbocycles. The molecule has 2 aliphatic heterocycles. The van der Waals surface area contributed by atoms with Crippen LogP contribution in [0.1, 0.15) is 29.7 Å². The standard InChI is InChI=1S/C13H20N6/c1-8-10(11(14)19-15)6-9-2-3-13(4-5-16-7-13)18-12(9)17-8/h6,16H,2-5,7,15H2,1H3,(H2,14,19)(H,17,18)/t13-/m0/s1. The molecule has 0 amide bonds. The van der Waals surface area contributed by atoms with Gasteiger partial charge in [-0.3, -0.25) is 0 Å². The third-order valence-electron chi connectivity index (χ3n) is 4.21. The molecule has 0 aliphatic carbocycles. The number of hydrogen-bond acceptors (Lipinski definition) is 5. The quantitative estimate of drug-likeness (QED) is 0.247. The van der Waals surface area contributed by atoms with Crippen LogP contribution < -0.4 is 22.2 Å². The molecule has 3 heterocycles. The molecule has 1 aromatic heterocycles. The van der Waals surface area contributed by atoms with E-state index in [2.05, 4.69) is 26.8 Å². The van der Waals surface area contributed by atoms with Crippen LogP contribution in [0.5, 0.6) is 0 Å². The minimum absolute atomic E-state index is 0.182. The first-order valence-corrected chi connectivity index (χ1v) is 6.67. The minimum Gasteiger partial charge on any atom is -0.382 e. The molecule has 1 fully saturated rings. The second-order valence-corrected chi connectivity index (χ2v) is 5.48. The van der Waals surface area contributed by atoms with Crippen molar-refractivity contribution in [3.63, 3.8) is 0 Å². The monoisotopic (exact) mass is 260 g/mol. The van der Waals surface area contributed by atoms with Crippen LogP contribution in [0.25, 0.3) is 0 Å². The van der Waals surface area contributed by atoms with Crippen LogP contribution in [-0.2, 0) is 6.42 Å². The number of fused-ring (bicyclic) bond motifs is 1. The van der Waals surface area contributed by atoms with Gasteiger partial charge in [0.1, 0.15) is 5.82 Å². The van der Waals surface area contributed by atoms with Crippen molar-refractivity contribution in [2.75, 3.05) is 18.4 Å². The lowest BCUT2D eigenvalue weighted by Gasteiger charge is -2.35. The Balaban J connectivity index is 1.97. The lowest BCUT2D eigenvalue weighted by molar-refractivity contribution is 0.454. The van der Waals surface area contributed by atoms with Crippen molar-refractivity contribution >= 4 is 11.7 Å². The van der Waals surface area contributed by atoms with Gasteiger partial charge in [-0.2, -0.15) is 5.10 Å². The Hall–Kier alpha value is -1.82. The maximum absolute atomic E-state index is 5.80. The summed E-state index contributed by atoms with van der Waals surface area (Å²) in [6.07, 6.45) is 3.29. The summed E-state index contributed by atoms with van der Waals surface area (Å²) in [5.74, 6) is 6.58. The van der Waals surface area contributed by atoms with E-state index in [1.54, 1.807) is 0 Å². The third-order valence-corrected chi connectivity index (χ3v) is 4.21. The van der Waals surface area contributed by atoms with Gasteiger partial charge in [0, 0.05) is 12.1 Å². The molecular formula is C13H20N6. The maximum atomic E-state index is 5.80. The van der Waals surface area contributed by atoms with Crippen LogP contribution in [0.15, 0.2) is 11.2 Å². The summed E-state index contributed by atoms with van der Waals surface area (Å²) in [6, 6.07) is 2.06. The number of rotatable bonds is 1. The molecule has 1 spiro atoms. The van der Waals surface area contributed by atoms with Crippen molar-refractivity contribution in [1.29, 1.82) is 0 Å². The fourth-order valence-electron chi connectivity index (χ4n) is 3.03. The Morgan fingerprint density at radius 2 is 2.32 bits per heavy atom. The SMILES string of the molecule is Cc1nc2c(cc1/C(N)=N/N)CC[C@@]1(CCNC1)N2. The third kappa shape index (κ3) is 2.02. The molecule has 0 saturated carbocycles. The minimum atomic E-state index is 0.182. The van der Waals surface area contributed by atoms with E-state index in [0.717, 1.165) is 49.4 Å². The average Bonchev–Trinajstić information content (AvgIpc) is 2.85. The summed E-state index contributed by atoms with van der Waals surface area (Å²) in [5, 5.41) is 10.6. The number of nitrogens with one attached hydrogen (secondary N) is 2. The average molecular weight is 260 g/mol. The van der Waals surface area contributed by atoms with E-state index in [4.69, 9.17) is 11.6 Å². The molecule has 1 atom stereocenters. The van der Waals surface area contributed by atoms with E-state index in [9.17, 15) is 0 Å². The van der Waals surface area contributed by atoms with Crippen LogP contribution in [0.4, 0.5) is 5.82 Å². The number of pyridine rings is 1. The summed E-state index contributed by atoms with van der Waals surface area (Å²) in [6.45, 7) is 4.02. The predicted octanol–water partition coefficient (Wildman–Crippen LogP) is 0.0592. The highest BCUT2D eigenvalue weighted by molar-refractivity contribution is 5.98. The molecule has 0 bridgehead atoms. The van der Waals surface area contributed by atoms with Crippen molar-refractivity contribution in [2.24, 2.45) is 16.7 Å². The number of amidine groups is 1. The van der Waals surface area contributed by atoms with Crippen LogP contribution in [0.3, 0.4) is 0 Å². The van der Waals surface area contributed by atoms with Gasteiger partial charge < -0.3 is 22.2 Å². The Labute approximate surface area is 112 Å². The number of hydrazone groups is 1. The van der Waals surface area contributed by atoms with Crippen molar-refractivity contribution in [3.8, 4) is 0 Å². The fraction of sp³-hybridized carbons (Fsp3) is 0.538. The van der Waals surface area contributed by atoms with Crippen LogP contribution in [-0.4, -0.2) is 29.4 Å². The second kappa shape index (κ2) is 4.38. The first-order valence-electron chi connectivity index (χ1n) is 6.67. The van der Waals surface area contributed by atoms with Crippen LogP contribution in [0.2, 0.25) is 0 Å². The molecular weight excluding hydrogens is 240 g/mol. The van der Waals surface area contributed by atoms with Gasteiger partial charge in [-0.05, 0) is 44.4 Å². The Morgan fingerprint density at radius 1 is 1.47 bits per heavy atom. The summed E-state index contributed by atoms with van der Waals surface area (Å²) in [5.41, 5.74) is 8.88. The van der Waals surface area contributed by atoms with Crippen LogP contribution in [0, 0.1) is 6.92 Å².